The molecule has 1 saturated heterocycles. The number of amides is 1. The number of benzene rings is 1. The Bertz CT molecular complexity index is 758. The largest absolute Gasteiger partial charge is 0.497 e. The van der Waals surface area contributed by atoms with E-state index in [9.17, 15) is 4.79 Å². The maximum Gasteiger partial charge on any atom is 0.273 e. The van der Waals surface area contributed by atoms with E-state index in [1.807, 2.05) is 35.4 Å². The van der Waals surface area contributed by atoms with Gasteiger partial charge in [0.15, 0.2) is 5.13 Å². The van der Waals surface area contributed by atoms with Gasteiger partial charge in [-0.2, -0.15) is 0 Å². The Hall–Kier alpha value is -2.48. The maximum absolute atomic E-state index is 12.8. The van der Waals surface area contributed by atoms with Crippen LogP contribution in [-0.2, 0) is 0 Å². The predicted octanol–water partition coefficient (Wildman–Crippen LogP) is 3.31. The molecule has 1 aromatic heterocycles. The number of hydrogen-bond donors (Lipinski definition) is 2. The van der Waals surface area contributed by atoms with Crippen molar-refractivity contribution in [2.75, 3.05) is 44.5 Å². The van der Waals surface area contributed by atoms with Crippen molar-refractivity contribution in [2.24, 2.45) is 0 Å². The van der Waals surface area contributed by atoms with Crippen molar-refractivity contribution in [3.05, 3.63) is 29.3 Å². The summed E-state index contributed by atoms with van der Waals surface area (Å²) in [7, 11) is 3.27. The van der Waals surface area contributed by atoms with Gasteiger partial charge in [-0.15, -0.1) is 11.3 Å². The average molecular weight is 391 g/mol. The molecule has 1 atom stereocenters. The quantitative estimate of drug-likeness (QED) is 0.755. The van der Waals surface area contributed by atoms with Crippen LogP contribution in [0.5, 0.6) is 11.5 Å². The Morgan fingerprint density at radius 3 is 2.70 bits per heavy atom. The topological polar surface area (TPSA) is 75.7 Å². The Labute approximate surface area is 163 Å². The minimum absolute atomic E-state index is 0.00914. The minimum Gasteiger partial charge on any atom is -0.497 e. The molecule has 2 aromatic rings. The molecule has 0 aliphatic carbocycles. The molecule has 146 valence electrons. The third kappa shape index (κ3) is 4.82. The molecule has 0 bridgehead atoms. The van der Waals surface area contributed by atoms with Gasteiger partial charge in [0.25, 0.3) is 5.91 Å². The van der Waals surface area contributed by atoms with Gasteiger partial charge in [-0.1, -0.05) is 0 Å². The van der Waals surface area contributed by atoms with Gasteiger partial charge in [-0.3, -0.25) is 4.79 Å². The molecule has 0 radical (unpaired) electrons. The molecule has 1 fully saturated rings. The van der Waals surface area contributed by atoms with E-state index in [2.05, 4.69) is 15.6 Å². The van der Waals surface area contributed by atoms with Gasteiger partial charge < -0.3 is 25.0 Å². The van der Waals surface area contributed by atoms with E-state index in [1.165, 1.54) is 11.3 Å². The number of carbonyl (C=O) groups excluding carboxylic acids is 1. The summed E-state index contributed by atoms with van der Waals surface area (Å²) in [5, 5.41) is 9.27. The summed E-state index contributed by atoms with van der Waals surface area (Å²) in [6, 6.07) is 5.89. The van der Waals surface area contributed by atoms with Gasteiger partial charge >= 0.3 is 0 Å². The van der Waals surface area contributed by atoms with Crippen LogP contribution in [0.25, 0.3) is 0 Å². The molecule has 7 nitrogen and oxygen atoms in total. The summed E-state index contributed by atoms with van der Waals surface area (Å²) in [5.74, 6) is 1.46. The molecule has 0 spiro atoms. The number of methoxy groups -OCH3 is 2. The summed E-state index contributed by atoms with van der Waals surface area (Å²) in [6.45, 7) is 4.21. The number of anilines is 2. The highest BCUT2D eigenvalue weighted by molar-refractivity contribution is 7.13. The third-order valence-corrected chi connectivity index (χ3v) is 5.28. The van der Waals surface area contributed by atoms with Crippen molar-refractivity contribution in [2.45, 2.75) is 25.8 Å². The molecule has 1 unspecified atom stereocenters. The van der Waals surface area contributed by atoms with Crippen molar-refractivity contribution in [3.8, 4) is 11.5 Å². The molecule has 1 aliphatic rings. The second-order valence-corrected chi connectivity index (χ2v) is 7.26. The summed E-state index contributed by atoms with van der Waals surface area (Å²) < 4.78 is 10.7. The van der Waals surface area contributed by atoms with Crippen molar-refractivity contribution in [1.29, 1.82) is 0 Å². The van der Waals surface area contributed by atoms with Crippen molar-refractivity contribution < 1.29 is 14.3 Å². The first-order valence-corrected chi connectivity index (χ1v) is 9.99. The van der Waals surface area contributed by atoms with Gasteiger partial charge in [-0.25, -0.2) is 4.98 Å². The Morgan fingerprint density at radius 1 is 1.30 bits per heavy atom. The first-order valence-electron chi connectivity index (χ1n) is 9.11. The SMILES string of the molecule is CCNc1nc(C(=O)N2CCCC(Nc3cc(OC)cc(OC)c3)C2)cs1. The van der Waals surface area contributed by atoms with Crippen LogP contribution < -0.4 is 20.1 Å². The number of nitrogens with one attached hydrogen (secondary N) is 2. The number of piperidine rings is 1. The molecule has 2 N–H and O–H groups in total. The highest BCUT2D eigenvalue weighted by atomic mass is 32.1. The molecule has 1 amide bonds. The lowest BCUT2D eigenvalue weighted by Gasteiger charge is -2.33. The summed E-state index contributed by atoms with van der Waals surface area (Å²) in [6.07, 6.45) is 1.96. The van der Waals surface area contributed by atoms with Crippen LogP contribution in [0.2, 0.25) is 0 Å². The second kappa shape index (κ2) is 8.94. The summed E-state index contributed by atoms with van der Waals surface area (Å²) >= 11 is 1.46. The Morgan fingerprint density at radius 2 is 2.04 bits per heavy atom. The first kappa shape index (κ1) is 19.3. The summed E-state index contributed by atoms with van der Waals surface area (Å²) in [4.78, 5) is 19.1. The average Bonchev–Trinajstić information content (AvgIpc) is 3.16. The van der Waals surface area contributed by atoms with Crippen LogP contribution in [0.3, 0.4) is 0 Å². The molecule has 27 heavy (non-hydrogen) atoms. The molecule has 3 rings (SSSR count). The van der Waals surface area contributed by atoms with E-state index >= 15 is 0 Å². The zero-order valence-corrected chi connectivity index (χ0v) is 16.8. The minimum atomic E-state index is -0.00914. The van der Waals surface area contributed by atoms with Gasteiger partial charge in [0.05, 0.1) is 14.2 Å². The molecule has 0 saturated carbocycles. The Kier molecular flexibility index (Phi) is 6.39. The standard InChI is InChI=1S/C19H26N4O3S/c1-4-20-19-22-17(12-27-19)18(24)23-7-5-6-13(11-23)21-14-8-15(25-2)10-16(9-14)26-3/h8-10,12-13,21H,4-7,11H2,1-3H3,(H,20,22). The normalized spacial score (nSPS) is 16.7. The smallest absolute Gasteiger partial charge is 0.273 e. The van der Waals surface area contributed by atoms with E-state index in [-0.39, 0.29) is 11.9 Å². The monoisotopic (exact) mass is 390 g/mol. The predicted molar refractivity (Wildman–Crippen MR) is 108 cm³/mol. The van der Waals surface area contributed by atoms with E-state index in [0.717, 1.165) is 48.2 Å². The van der Waals surface area contributed by atoms with Crippen LogP contribution in [-0.4, -0.2) is 55.7 Å². The molecule has 1 aromatic carbocycles. The highest BCUT2D eigenvalue weighted by Crippen LogP contribution is 2.27. The van der Waals surface area contributed by atoms with Gasteiger partial charge in [0, 0.05) is 54.9 Å². The number of thiazole rings is 1. The van der Waals surface area contributed by atoms with E-state index in [1.54, 1.807) is 14.2 Å². The molecule has 2 heterocycles. The van der Waals surface area contributed by atoms with Crippen LogP contribution >= 0.6 is 11.3 Å². The number of hydrogen-bond acceptors (Lipinski definition) is 7. The van der Waals surface area contributed by atoms with Crippen LogP contribution in [0, 0.1) is 0 Å². The van der Waals surface area contributed by atoms with Gasteiger partial charge in [0.2, 0.25) is 0 Å². The molecule has 1 aliphatic heterocycles. The fourth-order valence-corrected chi connectivity index (χ4v) is 3.93. The maximum atomic E-state index is 12.8. The lowest BCUT2D eigenvalue weighted by molar-refractivity contribution is 0.0710. The molecular formula is C19H26N4O3S. The second-order valence-electron chi connectivity index (χ2n) is 6.40. The number of rotatable bonds is 7. The number of nitrogens with zero attached hydrogens (tertiary/aromatic N) is 2. The van der Waals surface area contributed by atoms with Crippen molar-refractivity contribution >= 4 is 28.1 Å². The van der Waals surface area contributed by atoms with Crippen LogP contribution in [0.1, 0.15) is 30.3 Å². The zero-order chi connectivity index (χ0) is 19.2. The lowest BCUT2D eigenvalue weighted by Crippen LogP contribution is -2.45. The lowest BCUT2D eigenvalue weighted by atomic mass is 10.0. The molecular weight excluding hydrogens is 364 g/mol. The first-order chi connectivity index (χ1) is 13.1. The fourth-order valence-electron chi connectivity index (χ4n) is 3.17. The fraction of sp³-hybridized carbons (Fsp3) is 0.474. The van der Waals surface area contributed by atoms with Crippen molar-refractivity contribution in [1.82, 2.24) is 9.88 Å². The third-order valence-electron chi connectivity index (χ3n) is 4.48. The van der Waals surface area contributed by atoms with Gasteiger partial charge in [0.1, 0.15) is 17.2 Å². The molecule has 8 heteroatoms. The van der Waals surface area contributed by atoms with E-state index in [0.29, 0.717) is 12.2 Å². The summed E-state index contributed by atoms with van der Waals surface area (Å²) in [5.41, 5.74) is 1.44. The van der Waals surface area contributed by atoms with Crippen LogP contribution in [0.4, 0.5) is 10.8 Å². The number of likely N-dealkylation sites (tertiary alicyclic amines) is 1. The van der Waals surface area contributed by atoms with E-state index < -0.39 is 0 Å². The van der Waals surface area contributed by atoms with Crippen molar-refractivity contribution in [3.63, 3.8) is 0 Å². The number of aromatic nitrogens is 1. The Balaban J connectivity index is 1.66. The van der Waals surface area contributed by atoms with Gasteiger partial charge in [-0.05, 0) is 19.8 Å². The number of ether oxygens (including phenoxy) is 2. The number of carbonyl (C=O) groups is 1. The zero-order valence-electron chi connectivity index (χ0n) is 15.9. The van der Waals surface area contributed by atoms with E-state index in [4.69, 9.17) is 9.47 Å². The highest BCUT2D eigenvalue weighted by Gasteiger charge is 2.26. The van der Waals surface area contributed by atoms with Crippen LogP contribution in [0.15, 0.2) is 23.6 Å².